The van der Waals surface area contributed by atoms with Gasteiger partial charge in [-0.1, -0.05) is 24.3 Å². The monoisotopic (exact) mass is 395 g/mol. The smallest absolute Gasteiger partial charge is 0.269 e. The van der Waals surface area contributed by atoms with Crippen LogP contribution in [0.15, 0.2) is 60.8 Å². The summed E-state index contributed by atoms with van der Waals surface area (Å²) >= 11 is 0. The van der Waals surface area contributed by atoms with Gasteiger partial charge in [0.05, 0.1) is 30.4 Å². The molecule has 0 radical (unpaired) electrons. The number of hydrogen-bond donors (Lipinski definition) is 0. The number of non-ortho nitro benzene ring substituents is 1. The van der Waals surface area contributed by atoms with Crippen LogP contribution in [0.2, 0.25) is 0 Å². The lowest BCUT2D eigenvalue weighted by atomic mass is 10.1. The number of nitro groups is 1. The SMILES string of the molecule is COC1COC[C@H]1Oc1ccccc1-c1ccn(Cc2ccc([N+](=O)[O-])cc2)n1. The molecule has 2 atom stereocenters. The van der Waals surface area contributed by atoms with Gasteiger partial charge in [0.15, 0.2) is 6.10 Å². The number of benzene rings is 2. The summed E-state index contributed by atoms with van der Waals surface area (Å²) in [4.78, 5) is 10.4. The Balaban J connectivity index is 1.51. The fraction of sp³-hybridized carbons (Fsp3) is 0.286. The van der Waals surface area contributed by atoms with Crippen molar-refractivity contribution in [2.45, 2.75) is 18.8 Å². The van der Waals surface area contributed by atoms with E-state index in [4.69, 9.17) is 14.2 Å². The molecule has 1 fully saturated rings. The van der Waals surface area contributed by atoms with E-state index in [1.54, 1.807) is 23.9 Å². The van der Waals surface area contributed by atoms with E-state index >= 15 is 0 Å². The highest BCUT2D eigenvalue weighted by Gasteiger charge is 2.30. The number of hydrogen-bond acceptors (Lipinski definition) is 6. The number of para-hydroxylation sites is 1. The van der Waals surface area contributed by atoms with E-state index in [1.165, 1.54) is 12.1 Å². The van der Waals surface area contributed by atoms with Gasteiger partial charge >= 0.3 is 0 Å². The molecule has 0 bridgehead atoms. The number of ether oxygens (including phenoxy) is 3. The summed E-state index contributed by atoms with van der Waals surface area (Å²) < 4.78 is 18.8. The summed E-state index contributed by atoms with van der Waals surface area (Å²) in [5, 5.41) is 15.4. The summed E-state index contributed by atoms with van der Waals surface area (Å²) in [6.45, 7) is 1.53. The van der Waals surface area contributed by atoms with Crippen molar-refractivity contribution in [2.24, 2.45) is 0 Å². The van der Waals surface area contributed by atoms with Gasteiger partial charge in [0.2, 0.25) is 0 Å². The Labute approximate surface area is 167 Å². The molecule has 1 unspecified atom stereocenters. The van der Waals surface area contributed by atoms with Crippen LogP contribution in [0.25, 0.3) is 11.3 Å². The van der Waals surface area contributed by atoms with Gasteiger partial charge in [0.25, 0.3) is 5.69 Å². The summed E-state index contributed by atoms with van der Waals surface area (Å²) in [5.41, 5.74) is 2.68. The number of nitro benzene ring substituents is 1. The van der Waals surface area contributed by atoms with E-state index in [1.807, 2.05) is 36.5 Å². The first-order chi connectivity index (χ1) is 14.1. The quantitative estimate of drug-likeness (QED) is 0.450. The lowest BCUT2D eigenvalue weighted by molar-refractivity contribution is -0.384. The highest BCUT2D eigenvalue weighted by molar-refractivity contribution is 5.66. The molecule has 0 aliphatic carbocycles. The predicted molar refractivity (Wildman–Crippen MR) is 106 cm³/mol. The Morgan fingerprint density at radius 1 is 1.14 bits per heavy atom. The van der Waals surface area contributed by atoms with E-state index in [-0.39, 0.29) is 17.9 Å². The summed E-state index contributed by atoms with van der Waals surface area (Å²) in [6, 6.07) is 16.1. The third kappa shape index (κ3) is 4.28. The van der Waals surface area contributed by atoms with Crippen molar-refractivity contribution in [3.05, 3.63) is 76.5 Å². The van der Waals surface area contributed by atoms with Crippen molar-refractivity contribution in [3.63, 3.8) is 0 Å². The Morgan fingerprint density at radius 3 is 2.66 bits per heavy atom. The fourth-order valence-electron chi connectivity index (χ4n) is 3.29. The molecule has 1 aliphatic rings. The predicted octanol–water partition coefficient (Wildman–Crippen LogP) is 3.30. The van der Waals surface area contributed by atoms with Crippen LogP contribution in [0.5, 0.6) is 5.75 Å². The van der Waals surface area contributed by atoms with Gasteiger partial charge in [-0.3, -0.25) is 14.8 Å². The van der Waals surface area contributed by atoms with Crippen molar-refractivity contribution >= 4 is 5.69 Å². The van der Waals surface area contributed by atoms with Gasteiger partial charge in [0, 0.05) is 31.0 Å². The van der Waals surface area contributed by atoms with Gasteiger partial charge in [-0.25, -0.2) is 0 Å². The first-order valence-corrected chi connectivity index (χ1v) is 9.27. The first kappa shape index (κ1) is 19.1. The average molecular weight is 395 g/mol. The van der Waals surface area contributed by atoms with Gasteiger partial charge in [-0.15, -0.1) is 0 Å². The second kappa shape index (κ2) is 8.42. The highest BCUT2D eigenvalue weighted by Crippen LogP contribution is 2.30. The van der Waals surface area contributed by atoms with E-state index in [0.29, 0.717) is 19.8 Å². The van der Waals surface area contributed by atoms with E-state index < -0.39 is 4.92 Å². The molecule has 1 aliphatic heterocycles. The molecule has 0 spiro atoms. The molecule has 8 heteroatoms. The molecule has 2 heterocycles. The Bertz CT molecular complexity index is 986. The van der Waals surface area contributed by atoms with Crippen LogP contribution in [-0.2, 0) is 16.0 Å². The van der Waals surface area contributed by atoms with Crippen molar-refractivity contribution in [3.8, 4) is 17.0 Å². The van der Waals surface area contributed by atoms with Crippen molar-refractivity contribution < 1.29 is 19.1 Å². The lowest BCUT2D eigenvalue weighted by Crippen LogP contribution is -2.31. The molecule has 29 heavy (non-hydrogen) atoms. The Kier molecular flexibility index (Phi) is 5.55. The minimum Gasteiger partial charge on any atom is -0.484 e. The molecular weight excluding hydrogens is 374 g/mol. The zero-order valence-electron chi connectivity index (χ0n) is 15.9. The van der Waals surface area contributed by atoms with Crippen LogP contribution in [0.4, 0.5) is 5.69 Å². The Morgan fingerprint density at radius 2 is 1.90 bits per heavy atom. The summed E-state index contributed by atoms with van der Waals surface area (Å²) in [5.74, 6) is 0.727. The van der Waals surface area contributed by atoms with Gasteiger partial charge < -0.3 is 14.2 Å². The normalized spacial score (nSPS) is 18.7. The maximum atomic E-state index is 10.8. The molecule has 0 saturated carbocycles. The van der Waals surface area contributed by atoms with E-state index in [0.717, 1.165) is 22.6 Å². The van der Waals surface area contributed by atoms with Crippen molar-refractivity contribution in [2.75, 3.05) is 20.3 Å². The van der Waals surface area contributed by atoms with Crippen molar-refractivity contribution in [1.29, 1.82) is 0 Å². The number of aromatic nitrogens is 2. The molecule has 8 nitrogen and oxygen atoms in total. The zero-order chi connectivity index (χ0) is 20.2. The molecule has 3 aromatic rings. The maximum absolute atomic E-state index is 10.8. The van der Waals surface area contributed by atoms with Gasteiger partial charge in [-0.05, 0) is 23.8 Å². The lowest BCUT2D eigenvalue weighted by Gasteiger charge is -2.19. The van der Waals surface area contributed by atoms with Crippen LogP contribution < -0.4 is 4.74 Å². The topological polar surface area (TPSA) is 88.7 Å². The zero-order valence-corrected chi connectivity index (χ0v) is 15.9. The molecular formula is C21H21N3O5. The van der Waals surface area contributed by atoms with Crippen LogP contribution in [-0.4, -0.2) is 47.2 Å². The van der Waals surface area contributed by atoms with Gasteiger partial charge in [-0.2, -0.15) is 5.10 Å². The maximum Gasteiger partial charge on any atom is 0.269 e. The van der Waals surface area contributed by atoms with E-state index in [2.05, 4.69) is 5.10 Å². The third-order valence-corrected chi connectivity index (χ3v) is 4.86. The molecule has 2 aromatic carbocycles. The number of methoxy groups -OCH3 is 1. The van der Waals surface area contributed by atoms with E-state index in [9.17, 15) is 10.1 Å². The molecule has 0 amide bonds. The van der Waals surface area contributed by atoms with Crippen LogP contribution >= 0.6 is 0 Å². The highest BCUT2D eigenvalue weighted by atomic mass is 16.6. The molecule has 1 saturated heterocycles. The first-order valence-electron chi connectivity index (χ1n) is 9.27. The largest absolute Gasteiger partial charge is 0.484 e. The second-order valence-corrected chi connectivity index (χ2v) is 6.79. The summed E-state index contributed by atoms with van der Waals surface area (Å²) in [7, 11) is 1.65. The molecule has 150 valence electrons. The molecule has 1 aromatic heterocycles. The minimum atomic E-state index is -0.406. The van der Waals surface area contributed by atoms with Crippen LogP contribution in [0.1, 0.15) is 5.56 Å². The molecule has 4 rings (SSSR count). The number of nitrogens with zero attached hydrogens (tertiary/aromatic N) is 3. The fourth-order valence-corrected chi connectivity index (χ4v) is 3.29. The van der Waals surface area contributed by atoms with Gasteiger partial charge in [0.1, 0.15) is 11.9 Å². The standard InChI is InChI=1S/C21H21N3O5/c1-27-20-13-28-14-21(20)29-19-5-3-2-4-17(19)18-10-11-23(22-18)12-15-6-8-16(9-7-15)24(25)26/h2-11,20-21H,12-14H2,1H3/t20?,21-/m1/s1. The average Bonchev–Trinajstić information content (AvgIpc) is 3.38. The molecule has 0 N–H and O–H groups in total. The van der Waals surface area contributed by atoms with Crippen LogP contribution in [0.3, 0.4) is 0 Å². The second-order valence-electron chi connectivity index (χ2n) is 6.79. The minimum absolute atomic E-state index is 0.0752. The Hall–Kier alpha value is -3.23. The summed E-state index contributed by atoms with van der Waals surface area (Å²) in [6.07, 6.45) is 1.62. The number of rotatable bonds is 7. The van der Waals surface area contributed by atoms with Crippen LogP contribution in [0, 0.1) is 10.1 Å². The third-order valence-electron chi connectivity index (χ3n) is 4.86. The van der Waals surface area contributed by atoms with Crippen molar-refractivity contribution in [1.82, 2.24) is 9.78 Å².